The van der Waals surface area contributed by atoms with Gasteiger partial charge in [-0.2, -0.15) is 13.2 Å². The molecule has 0 fully saturated rings. The Balaban J connectivity index is 2.32. The Labute approximate surface area is 137 Å². The molecule has 0 unspecified atom stereocenters. The van der Waals surface area contributed by atoms with Gasteiger partial charge < -0.3 is 16.4 Å². The molecule has 4 nitrogen and oxygen atoms in total. The van der Waals surface area contributed by atoms with Crippen LogP contribution in [0, 0.1) is 0 Å². The number of halogens is 3. The number of benzene rings is 2. The van der Waals surface area contributed by atoms with E-state index < -0.39 is 17.6 Å². The van der Waals surface area contributed by atoms with Gasteiger partial charge in [0.2, 0.25) is 0 Å². The molecule has 0 atom stereocenters. The molecule has 0 aliphatic heterocycles. The highest BCUT2D eigenvalue weighted by atomic mass is 19.4. The van der Waals surface area contributed by atoms with Crippen molar-refractivity contribution in [2.24, 2.45) is 0 Å². The Morgan fingerprint density at radius 3 is 2.46 bits per heavy atom. The van der Waals surface area contributed by atoms with Crippen molar-refractivity contribution in [1.29, 1.82) is 0 Å². The molecule has 0 saturated heterocycles. The van der Waals surface area contributed by atoms with Crippen molar-refractivity contribution in [2.75, 3.05) is 23.4 Å². The largest absolute Gasteiger partial charge is 0.416 e. The second kappa shape index (κ2) is 6.82. The fraction of sp³-hybridized carbons (Fsp3) is 0.235. The molecule has 1 amide bonds. The molecule has 0 spiro atoms. The molecule has 4 N–H and O–H groups in total. The predicted molar refractivity (Wildman–Crippen MR) is 89.2 cm³/mol. The summed E-state index contributed by atoms with van der Waals surface area (Å²) in [5.41, 5.74) is 7.43. The van der Waals surface area contributed by atoms with E-state index in [1.54, 1.807) is 19.2 Å². The lowest BCUT2D eigenvalue weighted by Crippen LogP contribution is -2.15. The van der Waals surface area contributed by atoms with Crippen molar-refractivity contribution in [2.45, 2.75) is 19.5 Å². The molecular weight excluding hydrogens is 319 g/mol. The van der Waals surface area contributed by atoms with Crippen LogP contribution in [-0.2, 0) is 12.6 Å². The summed E-state index contributed by atoms with van der Waals surface area (Å²) in [5, 5.41) is 5.58. The summed E-state index contributed by atoms with van der Waals surface area (Å²) in [4.78, 5) is 12.3. The van der Waals surface area contributed by atoms with Crippen LogP contribution < -0.4 is 16.4 Å². The first kappa shape index (κ1) is 17.7. The van der Waals surface area contributed by atoms with Crippen molar-refractivity contribution in [3.8, 4) is 0 Å². The SMILES string of the molecule is CCc1cc(NC)c(N)cc1NC(=O)c1cccc(C(F)(F)F)c1. The second-order valence-electron chi connectivity index (χ2n) is 5.23. The topological polar surface area (TPSA) is 67.2 Å². The number of amides is 1. The molecule has 0 radical (unpaired) electrons. The quantitative estimate of drug-likeness (QED) is 0.735. The first-order chi connectivity index (χ1) is 11.3. The number of carbonyl (C=O) groups excluding carboxylic acids is 1. The minimum absolute atomic E-state index is 0.0665. The standard InChI is InChI=1S/C17H18F3N3O/c1-3-10-8-15(22-2)13(21)9-14(10)23-16(24)11-5-4-6-12(7-11)17(18,19)20/h4-9,22H,3,21H2,1-2H3,(H,23,24). The molecule has 0 aliphatic rings. The number of carbonyl (C=O) groups is 1. The van der Waals surface area contributed by atoms with Crippen molar-refractivity contribution in [1.82, 2.24) is 0 Å². The number of nitrogens with one attached hydrogen (secondary N) is 2. The van der Waals surface area contributed by atoms with E-state index in [0.717, 1.165) is 23.4 Å². The maximum absolute atomic E-state index is 12.8. The van der Waals surface area contributed by atoms with Crippen LogP contribution in [0.25, 0.3) is 0 Å². The monoisotopic (exact) mass is 337 g/mol. The Bertz CT molecular complexity index is 757. The van der Waals surface area contributed by atoms with Crippen LogP contribution in [0.15, 0.2) is 36.4 Å². The van der Waals surface area contributed by atoms with Crippen molar-refractivity contribution in [3.63, 3.8) is 0 Å². The Kier molecular flexibility index (Phi) is 5.02. The van der Waals surface area contributed by atoms with Crippen molar-refractivity contribution < 1.29 is 18.0 Å². The number of anilines is 3. The van der Waals surface area contributed by atoms with Gasteiger partial charge in [0, 0.05) is 18.3 Å². The maximum Gasteiger partial charge on any atom is 0.416 e. The summed E-state index contributed by atoms with van der Waals surface area (Å²) in [6.45, 7) is 1.91. The summed E-state index contributed by atoms with van der Waals surface area (Å²) in [7, 11) is 1.73. The number of rotatable bonds is 4. The highest BCUT2D eigenvalue weighted by Gasteiger charge is 2.30. The van der Waals surface area contributed by atoms with E-state index in [1.165, 1.54) is 12.1 Å². The van der Waals surface area contributed by atoms with E-state index in [-0.39, 0.29) is 5.56 Å². The minimum Gasteiger partial charge on any atom is -0.397 e. The third-order valence-corrected chi connectivity index (χ3v) is 3.63. The van der Waals surface area contributed by atoms with Gasteiger partial charge in [0.05, 0.1) is 16.9 Å². The highest BCUT2D eigenvalue weighted by Crippen LogP contribution is 2.31. The van der Waals surface area contributed by atoms with Gasteiger partial charge in [0.25, 0.3) is 5.91 Å². The van der Waals surface area contributed by atoms with E-state index in [2.05, 4.69) is 10.6 Å². The number of hydrogen-bond donors (Lipinski definition) is 3. The van der Waals surface area contributed by atoms with Crippen LogP contribution in [0.2, 0.25) is 0 Å². The van der Waals surface area contributed by atoms with Gasteiger partial charge in [0.1, 0.15) is 0 Å². The van der Waals surface area contributed by atoms with Gasteiger partial charge >= 0.3 is 6.18 Å². The number of aryl methyl sites for hydroxylation is 1. The van der Waals surface area contributed by atoms with Crippen LogP contribution in [0.3, 0.4) is 0 Å². The average molecular weight is 337 g/mol. The van der Waals surface area contributed by atoms with Crippen LogP contribution in [-0.4, -0.2) is 13.0 Å². The average Bonchev–Trinajstić information content (AvgIpc) is 2.54. The first-order valence-electron chi connectivity index (χ1n) is 7.35. The zero-order valence-corrected chi connectivity index (χ0v) is 13.3. The normalized spacial score (nSPS) is 11.2. The van der Waals surface area contributed by atoms with E-state index in [0.29, 0.717) is 17.8 Å². The van der Waals surface area contributed by atoms with Crippen LogP contribution in [0.4, 0.5) is 30.2 Å². The zero-order valence-electron chi connectivity index (χ0n) is 13.3. The smallest absolute Gasteiger partial charge is 0.397 e. The van der Waals surface area contributed by atoms with Gasteiger partial charge in [-0.15, -0.1) is 0 Å². The van der Waals surface area contributed by atoms with Crippen LogP contribution in [0.1, 0.15) is 28.4 Å². The molecular formula is C17H18F3N3O. The molecule has 0 aliphatic carbocycles. The molecule has 2 aromatic rings. The minimum atomic E-state index is -4.50. The first-order valence-corrected chi connectivity index (χ1v) is 7.35. The van der Waals surface area contributed by atoms with Gasteiger partial charge in [0.15, 0.2) is 0 Å². The summed E-state index contributed by atoms with van der Waals surface area (Å²) >= 11 is 0. The number of hydrogen-bond acceptors (Lipinski definition) is 3. The molecule has 2 aromatic carbocycles. The Morgan fingerprint density at radius 2 is 1.88 bits per heavy atom. The molecule has 0 aromatic heterocycles. The summed E-state index contributed by atoms with van der Waals surface area (Å²) in [6.07, 6.45) is -3.86. The van der Waals surface area contributed by atoms with E-state index in [1.807, 2.05) is 6.92 Å². The highest BCUT2D eigenvalue weighted by molar-refractivity contribution is 6.05. The summed E-state index contributed by atoms with van der Waals surface area (Å²) in [6, 6.07) is 7.69. The Morgan fingerprint density at radius 1 is 1.17 bits per heavy atom. The molecule has 0 heterocycles. The third kappa shape index (κ3) is 3.79. The fourth-order valence-electron chi connectivity index (χ4n) is 2.32. The summed E-state index contributed by atoms with van der Waals surface area (Å²) < 4.78 is 38.3. The molecule has 7 heteroatoms. The van der Waals surface area contributed by atoms with Crippen LogP contribution >= 0.6 is 0 Å². The fourth-order valence-corrected chi connectivity index (χ4v) is 2.32. The molecule has 0 bridgehead atoms. The van der Waals surface area contributed by atoms with Crippen molar-refractivity contribution in [3.05, 3.63) is 53.1 Å². The molecule has 2 rings (SSSR count). The summed E-state index contributed by atoms with van der Waals surface area (Å²) in [5.74, 6) is -0.618. The number of nitrogens with two attached hydrogens (primary N) is 1. The zero-order chi connectivity index (χ0) is 17.9. The lowest BCUT2D eigenvalue weighted by Gasteiger charge is -2.15. The number of alkyl halides is 3. The lowest BCUT2D eigenvalue weighted by molar-refractivity contribution is -0.137. The Hall–Kier alpha value is -2.70. The predicted octanol–water partition coefficient (Wildman–Crippen LogP) is 4.14. The van der Waals surface area contributed by atoms with Crippen molar-refractivity contribution >= 4 is 23.0 Å². The maximum atomic E-state index is 12.8. The molecule has 0 saturated carbocycles. The number of nitrogen functional groups attached to an aromatic ring is 1. The molecule has 24 heavy (non-hydrogen) atoms. The van der Waals surface area contributed by atoms with Gasteiger partial charge in [-0.25, -0.2) is 0 Å². The van der Waals surface area contributed by atoms with Gasteiger partial charge in [-0.1, -0.05) is 13.0 Å². The van der Waals surface area contributed by atoms with Crippen LogP contribution in [0.5, 0.6) is 0 Å². The van der Waals surface area contributed by atoms with E-state index in [4.69, 9.17) is 5.73 Å². The third-order valence-electron chi connectivity index (χ3n) is 3.63. The van der Waals surface area contributed by atoms with Gasteiger partial charge in [-0.3, -0.25) is 4.79 Å². The van der Waals surface area contributed by atoms with E-state index >= 15 is 0 Å². The molecule has 128 valence electrons. The second-order valence-corrected chi connectivity index (χ2v) is 5.23. The van der Waals surface area contributed by atoms with Gasteiger partial charge in [-0.05, 0) is 42.3 Å². The lowest BCUT2D eigenvalue weighted by atomic mass is 10.1. The van der Waals surface area contributed by atoms with E-state index in [9.17, 15) is 18.0 Å².